The Labute approximate surface area is 175 Å². The van der Waals surface area contributed by atoms with E-state index in [0.29, 0.717) is 13.2 Å². The molecule has 164 valence electrons. The molecule has 0 aromatic carbocycles. The number of aromatic nitrogens is 6. The van der Waals surface area contributed by atoms with Gasteiger partial charge in [-0.25, -0.2) is 9.97 Å². The highest BCUT2D eigenvalue weighted by Gasteiger charge is 2.06. The number of aryl methyl sites for hydroxylation is 2. The van der Waals surface area contributed by atoms with Crippen molar-refractivity contribution in [1.82, 2.24) is 30.4 Å². The van der Waals surface area contributed by atoms with Gasteiger partial charge in [0, 0.05) is 12.8 Å². The summed E-state index contributed by atoms with van der Waals surface area (Å²) < 4.78 is 5.70. The van der Waals surface area contributed by atoms with E-state index in [4.69, 9.17) is 4.74 Å². The third-order valence-electron chi connectivity index (χ3n) is 5.14. The van der Waals surface area contributed by atoms with Crippen molar-refractivity contribution in [3.8, 4) is 0 Å². The van der Waals surface area contributed by atoms with Crippen molar-refractivity contribution < 1.29 is 4.74 Å². The van der Waals surface area contributed by atoms with Crippen LogP contribution < -0.4 is 0 Å². The predicted octanol–water partition coefficient (Wildman–Crippen LogP) is 5.45. The van der Waals surface area contributed by atoms with Crippen molar-refractivity contribution in [3.63, 3.8) is 0 Å². The minimum absolute atomic E-state index is 0.414. The van der Waals surface area contributed by atoms with Gasteiger partial charge in [0.05, 0.1) is 0 Å². The van der Waals surface area contributed by atoms with Crippen molar-refractivity contribution in [2.45, 2.75) is 117 Å². The number of hydrogen-bond donors (Lipinski definition) is 2. The highest BCUT2D eigenvalue weighted by Crippen LogP contribution is 2.09. The predicted molar refractivity (Wildman–Crippen MR) is 115 cm³/mol. The van der Waals surface area contributed by atoms with Gasteiger partial charge in [-0.2, -0.15) is 10.2 Å². The number of hydrogen-bond acceptors (Lipinski definition) is 5. The molecule has 2 aromatic rings. The smallest absolute Gasteiger partial charge is 0.150 e. The first kappa shape index (κ1) is 23.5. The van der Waals surface area contributed by atoms with E-state index >= 15 is 0 Å². The molecule has 2 rings (SSSR count). The fraction of sp³-hybridized carbons (Fsp3) is 0.818. The zero-order valence-corrected chi connectivity index (χ0v) is 18.5. The molecule has 7 nitrogen and oxygen atoms in total. The van der Waals surface area contributed by atoms with E-state index in [1.54, 1.807) is 0 Å². The molecule has 0 saturated carbocycles. The maximum atomic E-state index is 5.70. The van der Waals surface area contributed by atoms with E-state index < -0.39 is 0 Å². The standard InChI is InChI=1S/C22H40N6O/c1-3-5-7-9-11-13-15-19-23-21(27-25-19)17-29-18-22-24-20(26-28-22)16-14-12-10-8-6-4-2/h3-18H2,1-2H3,(H,23,25,27)(H,24,26,28). The van der Waals surface area contributed by atoms with Crippen LogP contribution in [-0.2, 0) is 30.8 Å². The number of nitrogens with zero attached hydrogens (tertiary/aromatic N) is 4. The van der Waals surface area contributed by atoms with Crippen molar-refractivity contribution in [2.75, 3.05) is 0 Å². The largest absolute Gasteiger partial charge is 0.366 e. The lowest BCUT2D eigenvalue weighted by molar-refractivity contribution is 0.0968. The second-order valence-corrected chi connectivity index (χ2v) is 7.92. The molecule has 29 heavy (non-hydrogen) atoms. The number of nitrogens with one attached hydrogen (secondary N) is 2. The summed E-state index contributed by atoms with van der Waals surface area (Å²) in [6, 6.07) is 0. The molecule has 0 aliphatic carbocycles. The Morgan fingerprint density at radius 1 is 0.586 bits per heavy atom. The van der Waals surface area contributed by atoms with Crippen LogP contribution in [0.2, 0.25) is 0 Å². The summed E-state index contributed by atoms with van der Waals surface area (Å²) in [7, 11) is 0. The molecule has 0 spiro atoms. The third kappa shape index (κ3) is 10.5. The number of aromatic amines is 2. The zero-order valence-electron chi connectivity index (χ0n) is 18.5. The average Bonchev–Trinajstić information content (AvgIpc) is 3.37. The third-order valence-corrected chi connectivity index (χ3v) is 5.14. The fourth-order valence-electron chi connectivity index (χ4n) is 3.39. The monoisotopic (exact) mass is 404 g/mol. The van der Waals surface area contributed by atoms with E-state index in [0.717, 1.165) is 49.0 Å². The Balaban J connectivity index is 1.54. The first-order chi connectivity index (χ1) is 14.3. The molecule has 0 radical (unpaired) electrons. The summed E-state index contributed by atoms with van der Waals surface area (Å²) in [5.74, 6) is 3.33. The van der Waals surface area contributed by atoms with E-state index in [9.17, 15) is 0 Å². The van der Waals surface area contributed by atoms with E-state index in [1.165, 1.54) is 64.2 Å². The number of unbranched alkanes of at least 4 members (excludes halogenated alkanes) is 10. The van der Waals surface area contributed by atoms with Crippen LogP contribution in [0.1, 0.15) is 114 Å². The summed E-state index contributed by atoms with van der Waals surface area (Å²) in [6.07, 6.45) is 17.3. The van der Waals surface area contributed by atoms with Gasteiger partial charge in [0.2, 0.25) is 0 Å². The summed E-state index contributed by atoms with van der Waals surface area (Å²) in [6.45, 7) is 5.32. The molecule has 0 fully saturated rings. The molecule has 2 N–H and O–H groups in total. The van der Waals surface area contributed by atoms with E-state index in [-0.39, 0.29) is 0 Å². The minimum Gasteiger partial charge on any atom is -0.366 e. The normalized spacial score (nSPS) is 11.4. The van der Waals surface area contributed by atoms with Crippen LogP contribution in [0.5, 0.6) is 0 Å². The highest BCUT2D eigenvalue weighted by molar-refractivity contribution is 4.91. The topological polar surface area (TPSA) is 92.4 Å². The van der Waals surface area contributed by atoms with Crippen LogP contribution in [-0.4, -0.2) is 30.4 Å². The van der Waals surface area contributed by atoms with Gasteiger partial charge in [0.15, 0.2) is 23.3 Å². The maximum absolute atomic E-state index is 5.70. The molecular formula is C22H40N6O. The highest BCUT2D eigenvalue weighted by atomic mass is 16.5. The zero-order chi connectivity index (χ0) is 20.6. The minimum atomic E-state index is 0.414. The Bertz CT molecular complexity index is 585. The van der Waals surface area contributed by atoms with Crippen LogP contribution in [0, 0.1) is 0 Å². The molecule has 0 unspecified atom stereocenters. The van der Waals surface area contributed by atoms with Gasteiger partial charge >= 0.3 is 0 Å². The van der Waals surface area contributed by atoms with Crippen LogP contribution in [0.25, 0.3) is 0 Å². The van der Waals surface area contributed by atoms with Crippen molar-refractivity contribution >= 4 is 0 Å². The first-order valence-electron chi connectivity index (χ1n) is 11.7. The first-order valence-corrected chi connectivity index (χ1v) is 11.7. The molecule has 0 aliphatic heterocycles. The second kappa shape index (κ2) is 15.1. The molecule has 7 heteroatoms. The lowest BCUT2D eigenvalue weighted by atomic mass is 10.1. The van der Waals surface area contributed by atoms with Crippen LogP contribution in [0.15, 0.2) is 0 Å². The van der Waals surface area contributed by atoms with Crippen LogP contribution in [0.3, 0.4) is 0 Å². The van der Waals surface area contributed by atoms with Gasteiger partial charge in [-0.1, -0.05) is 78.1 Å². The summed E-state index contributed by atoms with van der Waals surface area (Å²) in [4.78, 5) is 9.03. The maximum Gasteiger partial charge on any atom is 0.150 e. The molecule has 0 amide bonds. The second-order valence-electron chi connectivity index (χ2n) is 7.92. The number of ether oxygens (including phenoxy) is 1. The SMILES string of the molecule is CCCCCCCCc1n[nH]c(COCc2nc(CCCCCCCC)n[nH]2)n1. The Kier molecular flexibility index (Phi) is 12.3. The average molecular weight is 405 g/mol. The molecule has 0 atom stereocenters. The summed E-state index contributed by atoms with van der Waals surface area (Å²) >= 11 is 0. The van der Waals surface area contributed by atoms with Gasteiger partial charge in [-0.3, -0.25) is 10.2 Å². The quantitative estimate of drug-likeness (QED) is 0.322. The van der Waals surface area contributed by atoms with Crippen LogP contribution >= 0.6 is 0 Å². The van der Waals surface area contributed by atoms with Gasteiger partial charge in [-0.05, 0) is 12.8 Å². The van der Waals surface area contributed by atoms with Crippen LogP contribution in [0.4, 0.5) is 0 Å². The van der Waals surface area contributed by atoms with Gasteiger partial charge in [-0.15, -0.1) is 0 Å². The Morgan fingerprint density at radius 3 is 1.45 bits per heavy atom. The molecule has 2 heterocycles. The molecule has 0 saturated heterocycles. The molecule has 0 aliphatic rings. The van der Waals surface area contributed by atoms with E-state index in [2.05, 4.69) is 44.2 Å². The fourth-order valence-corrected chi connectivity index (χ4v) is 3.39. The van der Waals surface area contributed by atoms with Gasteiger partial charge in [0.25, 0.3) is 0 Å². The van der Waals surface area contributed by atoms with Crippen molar-refractivity contribution in [1.29, 1.82) is 0 Å². The van der Waals surface area contributed by atoms with E-state index in [1.807, 2.05) is 0 Å². The lowest BCUT2D eigenvalue weighted by Crippen LogP contribution is -1.98. The van der Waals surface area contributed by atoms with Gasteiger partial charge in [0.1, 0.15) is 13.2 Å². The number of rotatable bonds is 18. The Morgan fingerprint density at radius 2 is 1.00 bits per heavy atom. The summed E-state index contributed by atoms with van der Waals surface area (Å²) in [5.41, 5.74) is 0. The lowest BCUT2D eigenvalue weighted by Gasteiger charge is -1.99. The molecular weight excluding hydrogens is 364 g/mol. The van der Waals surface area contributed by atoms with Crippen molar-refractivity contribution in [2.24, 2.45) is 0 Å². The molecule has 2 aromatic heterocycles. The number of H-pyrrole nitrogens is 2. The Hall–Kier alpha value is -1.76. The molecule has 0 bridgehead atoms. The summed E-state index contributed by atoms with van der Waals surface area (Å²) in [5, 5.41) is 14.5. The van der Waals surface area contributed by atoms with Crippen molar-refractivity contribution in [3.05, 3.63) is 23.3 Å². The van der Waals surface area contributed by atoms with Gasteiger partial charge < -0.3 is 4.74 Å².